The molecule has 6 heteroatoms. The van der Waals surface area contributed by atoms with Crippen LogP contribution in [0.1, 0.15) is 6.42 Å². The number of nitrogens with zero attached hydrogens (tertiary/aromatic N) is 5. The van der Waals surface area contributed by atoms with Crippen LogP contribution in [0.4, 0.5) is 5.82 Å². The van der Waals surface area contributed by atoms with Crippen molar-refractivity contribution in [2.75, 3.05) is 25.1 Å². The molecule has 0 N–H and O–H groups in total. The molecule has 0 spiro atoms. The molecule has 22 heavy (non-hydrogen) atoms. The van der Waals surface area contributed by atoms with Gasteiger partial charge in [0.25, 0.3) is 0 Å². The first-order valence-corrected chi connectivity index (χ1v) is 7.41. The molecule has 112 valence electrons. The third kappa shape index (κ3) is 2.21. The lowest BCUT2D eigenvalue weighted by Gasteiger charge is -2.16. The van der Waals surface area contributed by atoms with E-state index in [1.165, 1.54) is 0 Å². The summed E-state index contributed by atoms with van der Waals surface area (Å²) in [5, 5.41) is 13.2. The van der Waals surface area contributed by atoms with Crippen molar-refractivity contribution in [2.24, 2.45) is 0 Å². The summed E-state index contributed by atoms with van der Waals surface area (Å²) in [5.74, 6) is 1.70. The third-order valence-corrected chi connectivity index (χ3v) is 4.08. The Hall–Kier alpha value is -2.47. The van der Waals surface area contributed by atoms with Crippen LogP contribution in [0.3, 0.4) is 0 Å². The molecular formula is C16H17N5O. The van der Waals surface area contributed by atoms with Crippen molar-refractivity contribution in [2.45, 2.75) is 12.5 Å². The van der Waals surface area contributed by atoms with Gasteiger partial charge in [0.2, 0.25) is 0 Å². The highest BCUT2D eigenvalue weighted by Gasteiger charge is 2.23. The number of methoxy groups -OCH3 is 1. The Morgan fingerprint density at radius 1 is 1.09 bits per heavy atom. The Kier molecular flexibility index (Phi) is 3.23. The standard InChI is InChI=1S/C16H17N5O/c1-22-13-9-10-20(11-13)15-8-7-14-17-18-16(21(14)19-15)12-5-3-2-4-6-12/h2-8,13H,9-11H2,1H3/t13-/m1/s1. The normalized spacial score (nSPS) is 18.2. The minimum Gasteiger partial charge on any atom is -0.380 e. The van der Waals surface area contributed by atoms with Gasteiger partial charge in [0, 0.05) is 25.8 Å². The van der Waals surface area contributed by atoms with Gasteiger partial charge in [-0.3, -0.25) is 0 Å². The van der Waals surface area contributed by atoms with Gasteiger partial charge in [-0.05, 0) is 18.6 Å². The number of aromatic nitrogens is 4. The summed E-state index contributed by atoms with van der Waals surface area (Å²) in [6.45, 7) is 1.83. The molecular weight excluding hydrogens is 278 g/mol. The van der Waals surface area contributed by atoms with Crippen LogP contribution in [0.2, 0.25) is 0 Å². The smallest absolute Gasteiger partial charge is 0.185 e. The Bertz CT molecular complexity index is 786. The van der Waals surface area contributed by atoms with Crippen LogP contribution >= 0.6 is 0 Å². The van der Waals surface area contributed by atoms with E-state index in [4.69, 9.17) is 9.84 Å². The average Bonchev–Trinajstić information content (AvgIpc) is 3.22. The van der Waals surface area contributed by atoms with Gasteiger partial charge in [-0.25, -0.2) is 0 Å². The van der Waals surface area contributed by atoms with Crippen molar-refractivity contribution in [1.29, 1.82) is 0 Å². The largest absolute Gasteiger partial charge is 0.380 e. The van der Waals surface area contributed by atoms with E-state index in [1.54, 1.807) is 7.11 Å². The van der Waals surface area contributed by atoms with Crippen LogP contribution in [0.5, 0.6) is 0 Å². The van der Waals surface area contributed by atoms with Crippen LogP contribution in [-0.4, -0.2) is 46.1 Å². The number of hydrogen-bond acceptors (Lipinski definition) is 5. The lowest BCUT2D eigenvalue weighted by atomic mass is 10.2. The molecule has 0 bridgehead atoms. The highest BCUT2D eigenvalue weighted by atomic mass is 16.5. The molecule has 0 radical (unpaired) electrons. The van der Waals surface area contributed by atoms with E-state index in [1.807, 2.05) is 47.0 Å². The zero-order chi connectivity index (χ0) is 14.9. The molecule has 1 aromatic carbocycles. The monoisotopic (exact) mass is 295 g/mol. The Balaban J connectivity index is 1.74. The molecule has 0 unspecified atom stereocenters. The fourth-order valence-electron chi connectivity index (χ4n) is 2.84. The van der Waals surface area contributed by atoms with Crippen LogP contribution < -0.4 is 4.90 Å². The molecule has 6 nitrogen and oxygen atoms in total. The summed E-state index contributed by atoms with van der Waals surface area (Å²) in [4.78, 5) is 2.24. The van der Waals surface area contributed by atoms with Crippen molar-refractivity contribution in [3.63, 3.8) is 0 Å². The second kappa shape index (κ2) is 5.38. The SMILES string of the molecule is CO[C@@H]1CCN(c2ccc3nnc(-c4ccccc4)n3n2)C1. The predicted molar refractivity (Wildman–Crippen MR) is 83.8 cm³/mol. The zero-order valence-corrected chi connectivity index (χ0v) is 12.4. The first-order valence-electron chi connectivity index (χ1n) is 7.41. The van der Waals surface area contributed by atoms with Gasteiger partial charge < -0.3 is 9.64 Å². The fourth-order valence-corrected chi connectivity index (χ4v) is 2.84. The van der Waals surface area contributed by atoms with Crippen LogP contribution in [0.25, 0.3) is 17.0 Å². The van der Waals surface area contributed by atoms with E-state index in [9.17, 15) is 0 Å². The Morgan fingerprint density at radius 3 is 2.73 bits per heavy atom. The van der Waals surface area contributed by atoms with E-state index in [0.29, 0.717) is 0 Å². The Morgan fingerprint density at radius 2 is 1.95 bits per heavy atom. The number of fused-ring (bicyclic) bond motifs is 1. The number of ether oxygens (including phenoxy) is 1. The summed E-state index contributed by atoms with van der Waals surface area (Å²) in [6, 6.07) is 14.0. The van der Waals surface area contributed by atoms with Crippen LogP contribution in [-0.2, 0) is 4.74 Å². The zero-order valence-electron chi connectivity index (χ0n) is 12.4. The summed E-state index contributed by atoms with van der Waals surface area (Å²) in [5.41, 5.74) is 1.76. The van der Waals surface area contributed by atoms with Gasteiger partial charge in [-0.15, -0.1) is 15.3 Å². The van der Waals surface area contributed by atoms with Crippen molar-refractivity contribution < 1.29 is 4.74 Å². The van der Waals surface area contributed by atoms with Gasteiger partial charge >= 0.3 is 0 Å². The topological polar surface area (TPSA) is 55.5 Å². The number of hydrogen-bond donors (Lipinski definition) is 0. The molecule has 3 heterocycles. The lowest BCUT2D eigenvalue weighted by molar-refractivity contribution is 0.121. The van der Waals surface area contributed by atoms with E-state index in [-0.39, 0.29) is 6.10 Å². The Labute approximate surface area is 128 Å². The number of rotatable bonds is 3. The number of anilines is 1. The van der Waals surface area contributed by atoms with Gasteiger partial charge in [-0.2, -0.15) is 4.52 Å². The van der Waals surface area contributed by atoms with Gasteiger partial charge in [-0.1, -0.05) is 30.3 Å². The summed E-state index contributed by atoms with van der Waals surface area (Å²) < 4.78 is 7.24. The molecule has 1 aliphatic heterocycles. The van der Waals surface area contributed by atoms with E-state index >= 15 is 0 Å². The molecule has 3 aromatic rings. The molecule has 1 saturated heterocycles. The van der Waals surface area contributed by atoms with Crippen LogP contribution in [0.15, 0.2) is 42.5 Å². The van der Waals surface area contributed by atoms with Crippen molar-refractivity contribution in [3.8, 4) is 11.4 Å². The molecule has 0 amide bonds. The third-order valence-electron chi connectivity index (χ3n) is 4.08. The van der Waals surface area contributed by atoms with Gasteiger partial charge in [0.15, 0.2) is 11.5 Å². The van der Waals surface area contributed by atoms with Crippen LogP contribution in [0, 0.1) is 0 Å². The molecule has 4 rings (SSSR count). The molecule has 2 aromatic heterocycles. The van der Waals surface area contributed by atoms with Gasteiger partial charge in [0.1, 0.15) is 5.82 Å². The number of benzene rings is 1. The van der Waals surface area contributed by atoms with E-state index in [0.717, 1.165) is 42.4 Å². The van der Waals surface area contributed by atoms with Crippen molar-refractivity contribution in [1.82, 2.24) is 19.8 Å². The quantitative estimate of drug-likeness (QED) is 0.740. The fraction of sp³-hybridized carbons (Fsp3) is 0.312. The van der Waals surface area contributed by atoms with E-state index in [2.05, 4.69) is 15.1 Å². The lowest BCUT2D eigenvalue weighted by Crippen LogP contribution is -2.23. The second-order valence-corrected chi connectivity index (χ2v) is 5.44. The highest BCUT2D eigenvalue weighted by molar-refractivity contribution is 5.59. The van der Waals surface area contributed by atoms with Crippen molar-refractivity contribution >= 4 is 11.5 Å². The van der Waals surface area contributed by atoms with E-state index < -0.39 is 0 Å². The molecule has 0 saturated carbocycles. The average molecular weight is 295 g/mol. The molecule has 1 atom stereocenters. The molecule has 0 aliphatic carbocycles. The maximum Gasteiger partial charge on any atom is 0.185 e. The summed E-state index contributed by atoms with van der Waals surface area (Å²) >= 11 is 0. The predicted octanol–water partition coefficient (Wildman–Crippen LogP) is 2.02. The molecule has 1 aliphatic rings. The molecule has 1 fully saturated rings. The van der Waals surface area contributed by atoms with Gasteiger partial charge in [0.05, 0.1) is 6.10 Å². The summed E-state index contributed by atoms with van der Waals surface area (Å²) in [6.07, 6.45) is 1.32. The second-order valence-electron chi connectivity index (χ2n) is 5.44. The minimum atomic E-state index is 0.284. The summed E-state index contributed by atoms with van der Waals surface area (Å²) in [7, 11) is 1.76. The first kappa shape index (κ1) is 13.2. The highest BCUT2D eigenvalue weighted by Crippen LogP contribution is 2.22. The van der Waals surface area contributed by atoms with Crippen molar-refractivity contribution in [3.05, 3.63) is 42.5 Å². The minimum absolute atomic E-state index is 0.284. The maximum absolute atomic E-state index is 5.43. The maximum atomic E-state index is 5.43. The first-order chi connectivity index (χ1) is 10.8.